The standard InChI is InChI=1S/C15H20O2/c1-3-5-8-12-15(17)13-10-7-6-9-11-14(16)4-2/h3,10,13-17H,1,4-5,8,12H2,2H3/b13-10+. The Hall–Kier alpha value is -1.48. The van der Waals surface area contributed by atoms with E-state index in [9.17, 15) is 5.11 Å². The first kappa shape index (κ1) is 15.5. The van der Waals surface area contributed by atoms with Crippen LogP contribution in [0.5, 0.6) is 0 Å². The Morgan fingerprint density at radius 1 is 1.29 bits per heavy atom. The number of aliphatic hydroxyl groups excluding tert-OH is 2. The minimum absolute atomic E-state index is 0.460. The molecular formula is C15H20O2. The normalized spacial score (nSPS) is 13.1. The highest BCUT2D eigenvalue weighted by molar-refractivity contribution is 5.31. The Labute approximate surface area is 104 Å². The lowest BCUT2D eigenvalue weighted by Gasteiger charge is -2.01. The average molecular weight is 232 g/mol. The molecule has 2 N–H and O–H groups in total. The number of unbranched alkanes of at least 4 members (excludes halogenated alkanes) is 1. The zero-order chi connectivity index (χ0) is 12.9. The second kappa shape index (κ2) is 11.0. The molecule has 0 aliphatic carbocycles. The molecule has 0 rings (SSSR count). The Balaban J connectivity index is 3.88. The zero-order valence-corrected chi connectivity index (χ0v) is 10.3. The van der Waals surface area contributed by atoms with E-state index in [4.69, 9.17) is 5.11 Å². The van der Waals surface area contributed by atoms with E-state index in [1.54, 1.807) is 12.2 Å². The van der Waals surface area contributed by atoms with Gasteiger partial charge >= 0.3 is 0 Å². The van der Waals surface area contributed by atoms with Gasteiger partial charge in [0.2, 0.25) is 0 Å². The highest BCUT2D eigenvalue weighted by Crippen LogP contribution is 2.01. The van der Waals surface area contributed by atoms with E-state index >= 15 is 0 Å². The molecule has 2 nitrogen and oxygen atoms in total. The third-order valence-electron chi connectivity index (χ3n) is 2.07. The van der Waals surface area contributed by atoms with Gasteiger partial charge in [-0.1, -0.05) is 24.8 Å². The van der Waals surface area contributed by atoms with Crippen molar-refractivity contribution in [2.45, 2.75) is 44.8 Å². The van der Waals surface area contributed by atoms with Crippen LogP contribution in [0.2, 0.25) is 0 Å². The summed E-state index contributed by atoms with van der Waals surface area (Å²) in [4.78, 5) is 0. The van der Waals surface area contributed by atoms with Crippen LogP contribution in [0.15, 0.2) is 24.8 Å². The van der Waals surface area contributed by atoms with Gasteiger partial charge in [0.05, 0.1) is 6.10 Å². The van der Waals surface area contributed by atoms with Gasteiger partial charge in [0, 0.05) is 0 Å². The van der Waals surface area contributed by atoms with Gasteiger partial charge < -0.3 is 10.2 Å². The molecule has 0 saturated heterocycles. The van der Waals surface area contributed by atoms with Gasteiger partial charge in [0.1, 0.15) is 6.10 Å². The number of hydrogen-bond donors (Lipinski definition) is 2. The fourth-order valence-corrected chi connectivity index (χ4v) is 1.03. The van der Waals surface area contributed by atoms with E-state index in [0.29, 0.717) is 12.8 Å². The van der Waals surface area contributed by atoms with E-state index in [2.05, 4.69) is 30.3 Å². The molecule has 0 spiro atoms. The molecule has 0 radical (unpaired) electrons. The molecule has 0 amide bonds. The first-order valence-corrected chi connectivity index (χ1v) is 5.85. The second-order valence-electron chi connectivity index (χ2n) is 3.61. The summed E-state index contributed by atoms with van der Waals surface area (Å²) in [7, 11) is 0. The minimum Gasteiger partial charge on any atom is -0.389 e. The molecule has 0 aliphatic heterocycles. The maximum absolute atomic E-state index is 9.49. The van der Waals surface area contributed by atoms with Crippen molar-refractivity contribution in [1.29, 1.82) is 0 Å². The molecule has 0 aromatic heterocycles. The van der Waals surface area contributed by atoms with Crippen molar-refractivity contribution >= 4 is 0 Å². The van der Waals surface area contributed by atoms with E-state index < -0.39 is 12.2 Å². The summed E-state index contributed by atoms with van der Waals surface area (Å²) in [6.07, 6.45) is 7.17. The van der Waals surface area contributed by atoms with Crippen LogP contribution in [-0.2, 0) is 0 Å². The summed E-state index contributed by atoms with van der Waals surface area (Å²) in [6, 6.07) is 0. The number of rotatable bonds is 6. The van der Waals surface area contributed by atoms with Crippen molar-refractivity contribution in [3.05, 3.63) is 24.8 Å². The Bertz CT molecular complexity index is 347. The molecule has 2 heteroatoms. The third-order valence-corrected chi connectivity index (χ3v) is 2.07. The van der Waals surface area contributed by atoms with Crippen LogP contribution in [0.1, 0.15) is 32.6 Å². The first-order chi connectivity index (χ1) is 8.20. The number of allylic oxidation sites excluding steroid dienone is 2. The van der Waals surface area contributed by atoms with Crippen LogP contribution in [0.25, 0.3) is 0 Å². The highest BCUT2D eigenvalue weighted by atomic mass is 16.3. The van der Waals surface area contributed by atoms with Crippen molar-refractivity contribution in [2.24, 2.45) is 0 Å². The van der Waals surface area contributed by atoms with Crippen molar-refractivity contribution in [3.63, 3.8) is 0 Å². The monoisotopic (exact) mass is 232 g/mol. The molecule has 0 aromatic carbocycles. The number of hydrogen-bond acceptors (Lipinski definition) is 2. The third kappa shape index (κ3) is 10.8. The first-order valence-electron chi connectivity index (χ1n) is 5.85. The molecule has 92 valence electrons. The van der Waals surface area contributed by atoms with Crippen LogP contribution < -0.4 is 0 Å². The van der Waals surface area contributed by atoms with Gasteiger partial charge in [-0.3, -0.25) is 0 Å². The Morgan fingerprint density at radius 3 is 2.71 bits per heavy atom. The van der Waals surface area contributed by atoms with Gasteiger partial charge in [0.25, 0.3) is 0 Å². The molecular weight excluding hydrogens is 212 g/mol. The summed E-state index contributed by atoms with van der Waals surface area (Å²) in [5, 5.41) is 18.6. The van der Waals surface area contributed by atoms with Crippen molar-refractivity contribution < 1.29 is 10.2 Å². The molecule has 0 fully saturated rings. The lowest BCUT2D eigenvalue weighted by molar-refractivity contribution is 0.210. The summed E-state index contributed by atoms with van der Waals surface area (Å²) in [5.41, 5.74) is 0. The summed E-state index contributed by atoms with van der Waals surface area (Å²) in [5.74, 6) is 10.4. The predicted octanol–water partition coefficient (Wildman–Crippen LogP) is 2.04. The molecule has 17 heavy (non-hydrogen) atoms. The van der Waals surface area contributed by atoms with Crippen LogP contribution in [0, 0.1) is 23.7 Å². The molecule has 0 heterocycles. The van der Waals surface area contributed by atoms with Crippen LogP contribution in [0.3, 0.4) is 0 Å². The largest absolute Gasteiger partial charge is 0.389 e. The summed E-state index contributed by atoms with van der Waals surface area (Å²) < 4.78 is 0. The maximum Gasteiger partial charge on any atom is 0.115 e. The molecule has 0 aromatic rings. The lowest BCUT2D eigenvalue weighted by Crippen LogP contribution is -2.00. The average Bonchev–Trinajstić information content (AvgIpc) is 2.33. The van der Waals surface area contributed by atoms with Crippen LogP contribution in [-0.4, -0.2) is 22.4 Å². The second-order valence-corrected chi connectivity index (χ2v) is 3.61. The van der Waals surface area contributed by atoms with E-state index in [1.807, 2.05) is 13.0 Å². The van der Waals surface area contributed by atoms with E-state index in [-0.39, 0.29) is 0 Å². The smallest absolute Gasteiger partial charge is 0.115 e. The van der Waals surface area contributed by atoms with Crippen molar-refractivity contribution in [1.82, 2.24) is 0 Å². The summed E-state index contributed by atoms with van der Waals surface area (Å²) >= 11 is 0. The minimum atomic E-state index is -0.599. The van der Waals surface area contributed by atoms with Gasteiger partial charge in [-0.15, -0.1) is 6.58 Å². The van der Waals surface area contributed by atoms with Crippen LogP contribution in [0.4, 0.5) is 0 Å². The molecule has 0 aliphatic rings. The molecule has 0 saturated carbocycles. The molecule has 2 unspecified atom stereocenters. The lowest BCUT2D eigenvalue weighted by atomic mass is 10.1. The van der Waals surface area contributed by atoms with Gasteiger partial charge in [0.15, 0.2) is 0 Å². The fourth-order valence-electron chi connectivity index (χ4n) is 1.03. The zero-order valence-electron chi connectivity index (χ0n) is 10.3. The topological polar surface area (TPSA) is 40.5 Å². The van der Waals surface area contributed by atoms with Gasteiger partial charge in [-0.2, -0.15) is 0 Å². The predicted molar refractivity (Wildman–Crippen MR) is 71.0 cm³/mol. The van der Waals surface area contributed by atoms with E-state index in [1.165, 1.54) is 0 Å². The van der Waals surface area contributed by atoms with Gasteiger partial charge in [-0.25, -0.2) is 0 Å². The highest BCUT2D eigenvalue weighted by Gasteiger charge is 1.95. The number of aliphatic hydroxyl groups is 2. The van der Waals surface area contributed by atoms with Crippen molar-refractivity contribution in [2.75, 3.05) is 0 Å². The quantitative estimate of drug-likeness (QED) is 0.418. The molecule has 2 atom stereocenters. The van der Waals surface area contributed by atoms with Crippen molar-refractivity contribution in [3.8, 4) is 23.7 Å². The maximum atomic E-state index is 9.49. The van der Waals surface area contributed by atoms with Gasteiger partial charge in [-0.05, 0) is 49.7 Å². The fraction of sp³-hybridized carbons (Fsp3) is 0.467. The Morgan fingerprint density at radius 2 is 2.06 bits per heavy atom. The Kier molecular flexibility index (Phi) is 10.1. The van der Waals surface area contributed by atoms with Crippen LogP contribution >= 0.6 is 0 Å². The molecule has 0 bridgehead atoms. The van der Waals surface area contributed by atoms with E-state index in [0.717, 1.165) is 12.8 Å². The summed E-state index contributed by atoms with van der Waals surface area (Å²) in [6.45, 7) is 5.47. The SMILES string of the molecule is C=CCCCC(O)/C=C/C#CC#CC(O)CC.